The van der Waals surface area contributed by atoms with E-state index in [9.17, 15) is 4.79 Å². The van der Waals surface area contributed by atoms with Crippen LogP contribution in [0.25, 0.3) is 0 Å². The maximum atomic E-state index is 11.8. The molecule has 0 saturated carbocycles. The molecule has 1 aromatic rings. The smallest absolute Gasteiger partial charge is 0.186 e. The van der Waals surface area contributed by atoms with E-state index in [0.29, 0.717) is 24.4 Å². The van der Waals surface area contributed by atoms with Gasteiger partial charge in [-0.25, -0.2) is 0 Å². The van der Waals surface area contributed by atoms with Crippen LogP contribution in [0.4, 0.5) is 0 Å². The Kier molecular flexibility index (Phi) is 8.72. The monoisotopic (exact) mass is 278 g/mol. The highest BCUT2D eigenvalue weighted by Crippen LogP contribution is 2.14. The lowest BCUT2D eigenvalue weighted by molar-refractivity contribution is -0.118. The third-order valence-corrected chi connectivity index (χ3v) is 3.37. The van der Waals surface area contributed by atoms with Crippen molar-refractivity contribution in [3.63, 3.8) is 0 Å². The zero-order chi connectivity index (χ0) is 14.6. The quantitative estimate of drug-likeness (QED) is 0.493. The van der Waals surface area contributed by atoms with Gasteiger partial charge >= 0.3 is 0 Å². The Balaban J connectivity index is 2.18. The molecule has 0 fully saturated rings. The van der Waals surface area contributed by atoms with Gasteiger partial charge in [0.15, 0.2) is 6.79 Å². The summed E-state index contributed by atoms with van der Waals surface area (Å²) in [6, 6.07) is 7.32. The van der Waals surface area contributed by atoms with Gasteiger partial charge in [0, 0.05) is 12.8 Å². The summed E-state index contributed by atoms with van der Waals surface area (Å²) >= 11 is 0. The molecule has 0 spiro atoms. The standard InChI is InChI=1S/C17H26O3/c1-2-3-4-5-6-7-8-16(19)13-15-9-11-17(12-10-15)20-14-18/h9-12,18H,2-8,13-14H2,1H3. The summed E-state index contributed by atoms with van der Waals surface area (Å²) < 4.78 is 4.95. The lowest BCUT2D eigenvalue weighted by atomic mass is 10.0. The molecule has 0 bridgehead atoms. The van der Waals surface area contributed by atoms with Crippen molar-refractivity contribution in [2.45, 2.75) is 58.3 Å². The first-order valence-electron chi connectivity index (χ1n) is 7.60. The molecule has 3 nitrogen and oxygen atoms in total. The Labute approximate surface area is 122 Å². The summed E-state index contributed by atoms with van der Waals surface area (Å²) in [7, 11) is 0. The van der Waals surface area contributed by atoms with Crippen LogP contribution in [0.15, 0.2) is 24.3 Å². The summed E-state index contributed by atoms with van der Waals surface area (Å²) in [4.78, 5) is 11.8. The molecule has 0 amide bonds. The highest BCUT2D eigenvalue weighted by Gasteiger charge is 2.04. The number of carbonyl (C=O) groups excluding carboxylic acids is 1. The average Bonchev–Trinajstić information content (AvgIpc) is 2.45. The molecule has 0 aliphatic rings. The fourth-order valence-corrected chi connectivity index (χ4v) is 2.20. The minimum absolute atomic E-state index is 0.302. The van der Waals surface area contributed by atoms with Crippen LogP contribution in [0.1, 0.15) is 57.4 Å². The molecule has 0 unspecified atom stereocenters. The van der Waals surface area contributed by atoms with Crippen molar-refractivity contribution < 1.29 is 14.6 Å². The van der Waals surface area contributed by atoms with Crippen molar-refractivity contribution in [2.75, 3.05) is 6.79 Å². The molecule has 0 heterocycles. The average molecular weight is 278 g/mol. The van der Waals surface area contributed by atoms with E-state index in [1.54, 1.807) is 12.1 Å². The molecule has 112 valence electrons. The van der Waals surface area contributed by atoms with Crippen molar-refractivity contribution in [1.82, 2.24) is 0 Å². The topological polar surface area (TPSA) is 46.5 Å². The van der Waals surface area contributed by atoms with Gasteiger partial charge in [-0.3, -0.25) is 4.79 Å². The van der Waals surface area contributed by atoms with Gasteiger partial charge in [0.25, 0.3) is 0 Å². The zero-order valence-electron chi connectivity index (χ0n) is 12.4. The molecule has 1 rings (SSSR count). The SMILES string of the molecule is CCCCCCCCC(=O)Cc1ccc(OCO)cc1. The normalized spacial score (nSPS) is 10.5. The number of aliphatic hydroxyl groups excluding tert-OH is 1. The maximum absolute atomic E-state index is 11.8. The van der Waals surface area contributed by atoms with E-state index in [4.69, 9.17) is 9.84 Å². The predicted molar refractivity (Wildman–Crippen MR) is 80.9 cm³/mol. The highest BCUT2D eigenvalue weighted by molar-refractivity contribution is 5.80. The molecule has 3 heteroatoms. The summed E-state index contributed by atoms with van der Waals surface area (Å²) in [6.07, 6.45) is 8.44. The number of carbonyl (C=O) groups is 1. The second kappa shape index (κ2) is 10.4. The number of hydrogen-bond donors (Lipinski definition) is 1. The Morgan fingerprint density at radius 3 is 2.35 bits per heavy atom. The number of Topliss-reactive ketones (excluding diaryl/α,β-unsaturated/α-hetero) is 1. The molecule has 20 heavy (non-hydrogen) atoms. The van der Waals surface area contributed by atoms with E-state index < -0.39 is 0 Å². The number of unbranched alkanes of at least 4 members (excludes halogenated alkanes) is 5. The highest BCUT2D eigenvalue weighted by atomic mass is 16.6. The van der Waals surface area contributed by atoms with Gasteiger partial charge in [0.05, 0.1) is 0 Å². The van der Waals surface area contributed by atoms with E-state index in [2.05, 4.69) is 6.92 Å². The fourth-order valence-electron chi connectivity index (χ4n) is 2.20. The van der Waals surface area contributed by atoms with E-state index in [1.807, 2.05) is 12.1 Å². The molecule has 0 radical (unpaired) electrons. The van der Waals surface area contributed by atoms with Crippen LogP contribution < -0.4 is 4.74 Å². The first-order chi connectivity index (χ1) is 9.76. The summed E-state index contributed by atoms with van der Waals surface area (Å²) in [6.45, 7) is 1.89. The third-order valence-electron chi connectivity index (χ3n) is 3.37. The Hall–Kier alpha value is -1.35. The van der Waals surface area contributed by atoms with E-state index in [1.165, 1.54) is 25.7 Å². The molecule has 0 atom stereocenters. The second-order valence-electron chi connectivity index (χ2n) is 5.15. The predicted octanol–water partition coefficient (Wildman–Crippen LogP) is 3.88. The van der Waals surface area contributed by atoms with Gasteiger partial charge in [-0.05, 0) is 24.1 Å². The van der Waals surface area contributed by atoms with Crippen molar-refractivity contribution >= 4 is 5.78 Å². The van der Waals surface area contributed by atoms with Crippen LogP contribution in [-0.4, -0.2) is 17.7 Å². The van der Waals surface area contributed by atoms with Gasteiger partial charge in [-0.1, -0.05) is 51.2 Å². The van der Waals surface area contributed by atoms with Gasteiger partial charge in [0.2, 0.25) is 0 Å². The van der Waals surface area contributed by atoms with Crippen LogP contribution >= 0.6 is 0 Å². The number of aliphatic hydroxyl groups is 1. The van der Waals surface area contributed by atoms with E-state index in [-0.39, 0.29) is 6.79 Å². The minimum Gasteiger partial charge on any atom is -0.468 e. The Morgan fingerprint density at radius 1 is 1.05 bits per heavy atom. The fraction of sp³-hybridized carbons (Fsp3) is 0.588. The largest absolute Gasteiger partial charge is 0.468 e. The second-order valence-corrected chi connectivity index (χ2v) is 5.15. The van der Waals surface area contributed by atoms with Crippen LogP contribution in [0.5, 0.6) is 5.75 Å². The summed E-state index contributed by atoms with van der Waals surface area (Å²) in [5.74, 6) is 0.927. The number of ketones is 1. The van der Waals surface area contributed by atoms with Crippen molar-refractivity contribution in [3.05, 3.63) is 29.8 Å². The van der Waals surface area contributed by atoms with Crippen molar-refractivity contribution in [3.8, 4) is 5.75 Å². The molecular formula is C17H26O3. The minimum atomic E-state index is -0.323. The van der Waals surface area contributed by atoms with Crippen molar-refractivity contribution in [2.24, 2.45) is 0 Å². The van der Waals surface area contributed by atoms with Gasteiger partial charge < -0.3 is 9.84 Å². The van der Waals surface area contributed by atoms with Gasteiger partial charge in [0.1, 0.15) is 11.5 Å². The molecule has 1 N–H and O–H groups in total. The summed E-state index contributed by atoms with van der Waals surface area (Å²) in [5, 5.41) is 8.63. The molecule has 0 aliphatic carbocycles. The zero-order valence-corrected chi connectivity index (χ0v) is 12.4. The summed E-state index contributed by atoms with van der Waals surface area (Å²) in [5.41, 5.74) is 1.01. The van der Waals surface area contributed by atoms with Crippen LogP contribution in [0, 0.1) is 0 Å². The Morgan fingerprint density at radius 2 is 1.70 bits per heavy atom. The van der Waals surface area contributed by atoms with E-state index in [0.717, 1.165) is 18.4 Å². The first-order valence-corrected chi connectivity index (χ1v) is 7.60. The first kappa shape index (κ1) is 16.7. The molecule has 1 aromatic carbocycles. The third kappa shape index (κ3) is 7.29. The maximum Gasteiger partial charge on any atom is 0.186 e. The lowest BCUT2D eigenvalue weighted by Gasteiger charge is -2.04. The number of ether oxygens (including phenoxy) is 1. The van der Waals surface area contributed by atoms with Crippen LogP contribution in [0.3, 0.4) is 0 Å². The number of benzene rings is 1. The molecule has 0 saturated heterocycles. The van der Waals surface area contributed by atoms with Crippen molar-refractivity contribution in [1.29, 1.82) is 0 Å². The van der Waals surface area contributed by atoms with Gasteiger partial charge in [-0.2, -0.15) is 0 Å². The molecule has 0 aliphatic heterocycles. The van der Waals surface area contributed by atoms with Crippen LogP contribution in [0.2, 0.25) is 0 Å². The van der Waals surface area contributed by atoms with E-state index >= 15 is 0 Å². The van der Waals surface area contributed by atoms with Crippen LogP contribution in [-0.2, 0) is 11.2 Å². The number of hydrogen-bond acceptors (Lipinski definition) is 3. The lowest BCUT2D eigenvalue weighted by Crippen LogP contribution is -2.02. The number of rotatable bonds is 11. The molecular weight excluding hydrogens is 252 g/mol. The molecule has 0 aromatic heterocycles. The Bertz CT molecular complexity index is 370. The van der Waals surface area contributed by atoms with Gasteiger partial charge in [-0.15, -0.1) is 0 Å².